The number of hydrogen-bond donors (Lipinski definition) is 1. The summed E-state index contributed by atoms with van der Waals surface area (Å²) in [7, 11) is 0. The predicted octanol–water partition coefficient (Wildman–Crippen LogP) is 1.16. The van der Waals surface area contributed by atoms with Gasteiger partial charge in [-0.3, -0.25) is 4.79 Å². The quantitative estimate of drug-likeness (QED) is 0.761. The Labute approximate surface area is 116 Å². The van der Waals surface area contributed by atoms with E-state index < -0.39 is 5.97 Å². The van der Waals surface area contributed by atoms with Crippen molar-refractivity contribution in [1.82, 2.24) is 9.88 Å². The molecule has 1 amide bonds. The smallest absolute Gasteiger partial charge is 0.367 e. The minimum Gasteiger partial charge on any atom is -0.461 e. The first-order chi connectivity index (χ1) is 9.13. The van der Waals surface area contributed by atoms with E-state index >= 15 is 0 Å². The first-order valence-corrected chi connectivity index (χ1v) is 7.04. The van der Waals surface area contributed by atoms with E-state index in [9.17, 15) is 9.59 Å². The van der Waals surface area contributed by atoms with Gasteiger partial charge in [0.25, 0.3) is 5.91 Å². The lowest BCUT2D eigenvalue weighted by Crippen LogP contribution is -2.32. The van der Waals surface area contributed by atoms with Crippen molar-refractivity contribution in [3.8, 4) is 0 Å². The highest BCUT2D eigenvalue weighted by atomic mass is 32.1. The van der Waals surface area contributed by atoms with Crippen molar-refractivity contribution >= 4 is 23.2 Å². The molecule has 0 bridgehead atoms. The van der Waals surface area contributed by atoms with Crippen LogP contribution in [0.25, 0.3) is 0 Å². The van der Waals surface area contributed by atoms with Gasteiger partial charge in [0.05, 0.1) is 6.61 Å². The fourth-order valence-corrected chi connectivity index (χ4v) is 2.17. The fourth-order valence-electron chi connectivity index (χ4n) is 1.49. The molecule has 0 aliphatic rings. The molecule has 7 heteroatoms. The van der Waals surface area contributed by atoms with Crippen molar-refractivity contribution in [2.45, 2.75) is 20.3 Å². The van der Waals surface area contributed by atoms with Gasteiger partial charge in [-0.2, -0.15) is 0 Å². The maximum Gasteiger partial charge on any atom is 0.367 e. The standard InChI is InChI=1S/C12H18N2O4S/c1-3-14(6-5-7-15)11(16)9-8-19-10(13-9)12(17)18-4-2/h8,15H,3-7H2,1-2H3. The molecule has 6 nitrogen and oxygen atoms in total. The summed E-state index contributed by atoms with van der Waals surface area (Å²) in [4.78, 5) is 29.2. The number of nitrogens with zero attached hydrogens (tertiary/aromatic N) is 2. The minimum atomic E-state index is -0.509. The van der Waals surface area contributed by atoms with E-state index in [1.165, 1.54) is 0 Å². The maximum atomic E-state index is 12.1. The first kappa shape index (κ1) is 15.6. The van der Waals surface area contributed by atoms with Gasteiger partial charge in [0, 0.05) is 25.1 Å². The topological polar surface area (TPSA) is 79.7 Å². The van der Waals surface area contributed by atoms with Crippen LogP contribution in [-0.2, 0) is 4.74 Å². The summed E-state index contributed by atoms with van der Waals surface area (Å²) in [5, 5.41) is 10.5. The molecule has 0 saturated heterocycles. The molecule has 1 aromatic heterocycles. The third-order valence-corrected chi connectivity index (χ3v) is 3.25. The number of ether oxygens (including phenoxy) is 1. The van der Waals surface area contributed by atoms with E-state index in [-0.39, 0.29) is 29.8 Å². The highest BCUT2D eigenvalue weighted by Gasteiger charge is 2.19. The van der Waals surface area contributed by atoms with E-state index in [1.807, 2.05) is 6.92 Å². The molecule has 1 N–H and O–H groups in total. The lowest BCUT2D eigenvalue weighted by molar-refractivity contribution is 0.0526. The molecule has 0 unspecified atom stereocenters. The number of aliphatic hydroxyl groups is 1. The summed E-state index contributed by atoms with van der Waals surface area (Å²) in [6.45, 7) is 4.89. The summed E-state index contributed by atoms with van der Waals surface area (Å²) in [5.74, 6) is -0.743. The molecular formula is C12H18N2O4S. The minimum absolute atomic E-state index is 0.0366. The van der Waals surface area contributed by atoms with Crippen LogP contribution in [0.4, 0.5) is 0 Å². The van der Waals surface area contributed by atoms with Crippen LogP contribution in [0, 0.1) is 0 Å². The largest absolute Gasteiger partial charge is 0.461 e. The molecule has 0 spiro atoms. The zero-order valence-corrected chi connectivity index (χ0v) is 11.9. The Morgan fingerprint density at radius 1 is 1.47 bits per heavy atom. The summed E-state index contributed by atoms with van der Waals surface area (Å²) in [6, 6.07) is 0. The molecule has 106 valence electrons. The van der Waals surface area contributed by atoms with Crippen molar-refractivity contribution in [2.24, 2.45) is 0 Å². The lowest BCUT2D eigenvalue weighted by atomic mass is 10.3. The number of esters is 1. The normalized spacial score (nSPS) is 10.3. The molecule has 0 aliphatic heterocycles. The lowest BCUT2D eigenvalue weighted by Gasteiger charge is -2.18. The number of carbonyl (C=O) groups is 2. The Bertz CT molecular complexity index is 433. The molecular weight excluding hydrogens is 268 g/mol. The number of thiazole rings is 1. The molecule has 1 rings (SSSR count). The predicted molar refractivity (Wildman–Crippen MR) is 71.4 cm³/mol. The van der Waals surface area contributed by atoms with Gasteiger partial charge < -0.3 is 14.7 Å². The molecule has 0 atom stereocenters. The third-order valence-electron chi connectivity index (χ3n) is 2.43. The number of amides is 1. The van der Waals surface area contributed by atoms with Crippen molar-refractivity contribution in [3.05, 3.63) is 16.1 Å². The van der Waals surface area contributed by atoms with Gasteiger partial charge in [-0.15, -0.1) is 11.3 Å². The SMILES string of the molecule is CCOC(=O)c1nc(C(=O)N(CC)CCCO)cs1. The maximum absolute atomic E-state index is 12.1. The van der Waals surface area contributed by atoms with Gasteiger partial charge >= 0.3 is 5.97 Å². The number of carbonyl (C=O) groups excluding carboxylic acids is 2. The van der Waals surface area contributed by atoms with Gasteiger partial charge in [-0.1, -0.05) is 0 Å². The molecule has 1 heterocycles. The molecule has 19 heavy (non-hydrogen) atoms. The van der Waals surface area contributed by atoms with E-state index in [0.717, 1.165) is 11.3 Å². The Morgan fingerprint density at radius 3 is 2.79 bits per heavy atom. The molecule has 0 aliphatic carbocycles. The van der Waals surface area contributed by atoms with E-state index in [0.29, 0.717) is 19.5 Å². The highest BCUT2D eigenvalue weighted by Crippen LogP contribution is 2.13. The number of aromatic nitrogens is 1. The summed E-state index contributed by atoms with van der Waals surface area (Å²) < 4.78 is 4.82. The molecule has 0 fully saturated rings. The Balaban J connectivity index is 2.73. The number of rotatable bonds is 7. The van der Waals surface area contributed by atoms with Gasteiger partial charge in [0.15, 0.2) is 0 Å². The monoisotopic (exact) mass is 286 g/mol. The fraction of sp³-hybridized carbons (Fsp3) is 0.583. The molecule has 0 radical (unpaired) electrons. The van der Waals surface area contributed by atoms with Crippen molar-refractivity contribution < 1.29 is 19.4 Å². The zero-order chi connectivity index (χ0) is 14.3. The molecule has 0 aromatic carbocycles. The van der Waals surface area contributed by atoms with Crippen LogP contribution in [0.15, 0.2) is 5.38 Å². The summed E-state index contributed by atoms with van der Waals surface area (Å²) in [6.07, 6.45) is 0.522. The second kappa shape index (κ2) is 7.85. The molecule has 1 aromatic rings. The Hall–Kier alpha value is -1.47. The van der Waals surface area contributed by atoms with E-state index in [2.05, 4.69) is 4.98 Å². The number of hydrogen-bond acceptors (Lipinski definition) is 6. The second-order valence-electron chi connectivity index (χ2n) is 3.72. The van der Waals surface area contributed by atoms with Crippen molar-refractivity contribution in [2.75, 3.05) is 26.3 Å². The van der Waals surface area contributed by atoms with Gasteiger partial charge in [-0.05, 0) is 20.3 Å². The summed E-state index contributed by atoms with van der Waals surface area (Å²) >= 11 is 1.10. The first-order valence-electron chi connectivity index (χ1n) is 6.16. The zero-order valence-electron chi connectivity index (χ0n) is 11.1. The second-order valence-corrected chi connectivity index (χ2v) is 4.58. The van der Waals surface area contributed by atoms with Crippen molar-refractivity contribution in [1.29, 1.82) is 0 Å². The molecule has 0 saturated carbocycles. The van der Waals surface area contributed by atoms with Crippen LogP contribution in [0.3, 0.4) is 0 Å². The van der Waals surface area contributed by atoms with Crippen LogP contribution in [-0.4, -0.2) is 53.2 Å². The van der Waals surface area contributed by atoms with Gasteiger partial charge in [0.1, 0.15) is 5.69 Å². The van der Waals surface area contributed by atoms with Gasteiger partial charge in [-0.25, -0.2) is 9.78 Å². The van der Waals surface area contributed by atoms with Crippen LogP contribution in [0.1, 0.15) is 40.6 Å². The Kier molecular flexibility index (Phi) is 6.44. The Morgan fingerprint density at radius 2 is 2.21 bits per heavy atom. The van der Waals surface area contributed by atoms with Gasteiger partial charge in [0.2, 0.25) is 5.01 Å². The van der Waals surface area contributed by atoms with Crippen LogP contribution < -0.4 is 0 Å². The average Bonchev–Trinajstić information content (AvgIpc) is 2.89. The van der Waals surface area contributed by atoms with E-state index in [4.69, 9.17) is 9.84 Å². The van der Waals surface area contributed by atoms with Crippen LogP contribution in [0.5, 0.6) is 0 Å². The summed E-state index contributed by atoms with van der Waals surface area (Å²) in [5.41, 5.74) is 0.243. The van der Waals surface area contributed by atoms with Crippen LogP contribution in [0.2, 0.25) is 0 Å². The highest BCUT2D eigenvalue weighted by molar-refractivity contribution is 7.11. The third kappa shape index (κ3) is 4.29. The van der Waals surface area contributed by atoms with Crippen molar-refractivity contribution in [3.63, 3.8) is 0 Å². The van der Waals surface area contributed by atoms with Crippen LogP contribution >= 0.6 is 11.3 Å². The average molecular weight is 286 g/mol. The number of aliphatic hydroxyl groups excluding tert-OH is 1. The van der Waals surface area contributed by atoms with E-state index in [1.54, 1.807) is 17.2 Å².